The van der Waals surface area contributed by atoms with Gasteiger partial charge in [-0.3, -0.25) is 0 Å². The third-order valence-electron chi connectivity index (χ3n) is 3.75. The molecule has 0 saturated heterocycles. The van der Waals surface area contributed by atoms with Crippen molar-refractivity contribution in [3.63, 3.8) is 0 Å². The van der Waals surface area contributed by atoms with E-state index in [9.17, 15) is 0 Å². The molecule has 0 fully saturated rings. The van der Waals surface area contributed by atoms with Gasteiger partial charge in [-0.1, -0.05) is 27.2 Å². The summed E-state index contributed by atoms with van der Waals surface area (Å²) in [4.78, 5) is 0. The van der Waals surface area contributed by atoms with Gasteiger partial charge in [0.05, 0.1) is 0 Å². The molecular weight excluding hydrogens is 210 g/mol. The molecule has 0 radical (unpaired) electrons. The van der Waals surface area contributed by atoms with E-state index in [0.717, 1.165) is 24.0 Å². The first-order valence-corrected chi connectivity index (χ1v) is 6.81. The van der Waals surface area contributed by atoms with Crippen molar-refractivity contribution in [2.45, 2.75) is 60.4 Å². The van der Waals surface area contributed by atoms with Crippen LogP contribution in [-0.2, 0) is 0 Å². The normalized spacial score (nSPS) is 14.9. The molecule has 0 aliphatic carbocycles. The van der Waals surface area contributed by atoms with Crippen LogP contribution >= 0.6 is 0 Å². The van der Waals surface area contributed by atoms with Gasteiger partial charge in [0, 0.05) is 11.6 Å². The summed E-state index contributed by atoms with van der Waals surface area (Å²) in [5.74, 6) is 2.88. The highest BCUT2D eigenvalue weighted by Crippen LogP contribution is 2.31. The fourth-order valence-electron chi connectivity index (χ4n) is 2.44. The minimum Gasteiger partial charge on any atom is -0.466 e. The first-order chi connectivity index (χ1) is 8.01. The minimum atomic E-state index is 0.437. The lowest BCUT2D eigenvalue weighted by Crippen LogP contribution is -2.23. The summed E-state index contributed by atoms with van der Waals surface area (Å²) in [6.07, 6.45) is 2.42. The molecule has 1 rings (SSSR count). The first-order valence-electron chi connectivity index (χ1n) is 6.81. The molecule has 1 aromatic heterocycles. The van der Waals surface area contributed by atoms with Gasteiger partial charge in [0.2, 0.25) is 0 Å². The molecule has 2 heteroatoms. The van der Waals surface area contributed by atoms with Gasteiger partial charge in [-0.05, 0) is 45.2 Å². The number of aryl methyl sites for hydroxylation is 2. The predicted molar refractivity (Wildman–Crippen MR) is 73.4 cm³/mol. The quantitative estimate of drug-likeness (QED) is 0.798. The Balaban J connectivity index is 2.96. The first kappa shape index (κ1) is 14.3. The highest BCUT2D eigenvalue weighted by atomic mass is 16.3. The molecule has 1 N–H and O–H groups in total. The lowest BCUT2D eigenvalue weighted by molar-refractivity contribution is 0.401. The van der Waals surface area contributed by atoms with E-state index in [4.69, 9.17) is 4.42 Å². The Morgan fingerprint density at radius 1 is 1.12 bits per heavy atom. The van der Waals surface area contributed by atoms with Crippen molar-refractivity contribution in [1.82, 2.24) is 5.32 Å². The van der Waals surface area contributed by atoms with Crippen LogP contribution in [0.2, 0.25) is 0 Å². The summed E-state index contributed by atoms with van der Waals surface area (Å²) in [5.41, 5.74) is 2.70. The van der Waals surface area contributed by atoms with Gasteiger partial charge in [0.15, 0.2) is 0 Å². The van der Waals surface area contributed by atoms with Crippen LogP contribution in [0.1, 0.15) is 62.3 Å². The van der Waals surface area contributed by atoms with Crippen molar-refractivity contribution in [3.8, 4) is 0 Å². The second-order valence-electron chi connectivity index (χ2n) is 5.11. The summed E-state index contributed by atoms with van der Waals surface area (Å²) in [5, 5.41) is 3.60. The second-order valence-corrected chi connectivity index (χ2v) is 5.11. The fourth-order valence-corrected chi connectivity index (χ4v) is 2.44. The van der Waals surface area contributed by atoms with Crippen molar-refractivity contribution >= 4 is 0 Å². The molecule has 0 bridgehead atoms. The maximum absolute atomic E-state index is 5.75. The third kappa shape index (κ3) is 3.35. The molecule has 1 heterocycles. The monoisotopic (exact) mass is 237 g/mol. The van der Waals surface area contributed by atoms with Crippen LogP contribution in [0, 0.1) is 26.7 Å². The summed E-state index contributed by atoms with van der Waals surface area (Å²) >= 11 is 0. The van der Waals surface area contributed by atoms with E-state index in [1.165, 1.54) is 24.0 Å². The predicted octanol–water partition coefficient (Wildman–Crippen LogP) is 4.29. The molecule has 0 aliphatic rings. The number of furan rings is 1. The molecule has 0 aliphatic heterocycles. The van der Waals surface area contributed by atoms with Gasteiger partial charge in [-0.2, -0.15) is 0 Å². The smallest absolute Gasteiger partial charge is 0.106 e. The van der Waals surface area contributed by atoms with Gasteiger partial charge in [0.25, 0.3) is 0 Å². The Bertz CT molecular complexity index is 354. The van der Waals surface area contributed by atoms with E-state index in [1.807, 2.05) is 0 Å². The molecule has 98 valence electrons. The van der Waals surface area contributed by atoms with Crippen LogP contribution in [0.3, 0.4) is 0 Å². The molecule has 0 spiro atoms. The molecule has 2 nitrogen and oxygen atoms in total. The molecule has 0 aromatic carbocycles. The SMILES string of the molecule is CCNC(CC(C)CC)c1c(C)oc(C)c1C. The highest BCUT2D eigenvalue weighted by Gasteiger charge is 2.21. The summed E-state index contributed by atoms with van der Waals surface area (Å²) < 4.78 is 5.75. The Labute approximate surface area is 106 Å². The van der Waals surface area contributed by atoms with E-state index in [1.54, 1.807) is 0 Å². The van der Waals surface area contributed by atoms with Crippen molar-refractivity contribution in [3.05, 3.63) is 22.6 Å². The van der Waals surface area contributed by atoms with Crippen molar-refractivity contribution < 1.29 is 4.42 Å². The average molecular weight is 237 g/mol. The number of hydrogen-bond donors (Lipinski definition) is 1. The summed E-state index contributed by atoms with van der Waals surface area (Å²) in [6, 6.07) is 0.437. The van der Waals surface area contributed by atoms with Gasteiger partial charge in [0.1, 0.15) is 11.5 Å². The maximum Gasteiger partial charge on any atom is 0.106 e. The molecule has 0 saturated carbocycles. The maximum atomic E-state index is 5.75. The average Bonchev–Trinajstić information content (AvgIpc) is 2.52. The summed E-state index contributed by atoms with van der Waals surface area (Å²) in [7, 11) is 0. The molecule has 2 atom stereocenters. The van der Waals surface area contributed by atoms with Gasteiger partial charge in [-0.15, -0.1) is 0 Å². The number of hydrogen-bond acceptors (Lipinski definition) is 2. The third-order valence-corrected chi connectivity index (χ3v) is 3.75. The molecule has 0 amide bonds. The van der Waals surface area contributed by atoms with Crippen LogP contribution in [-0.4, -0.2) is 6.54 Å². The lowest BCUT2D eigenvalue weighted by Gasteiger charge is -2.21. The highest BCUT2D eigenvalue weighted by molar-refractivity contribution is 5.34. The van der Waals surface area contributed by atoms with Gasteiger partial charge in [-0.25, -0.2) is 0 Å². The standard InChI is InChI=1S/C15H27NO/c1-7-10(3)9-14(16-8-2)15-11(4)12(5)17-13(15)6/h10,14,16H,7-9H2,1-6H3. The zero-order valence-electron chi connectivity index (χ0n) is 12.2. The number of rotatable bonds is 6. The van der Waals surface area contributed by atoms with Gasteiger partial charge < -0.3 is 9.73 Å². The van der Waals surface area contributed by atoms with E-state index in [2.05, 4.69) is 46.9 Å². The molecule has 17 heavy (non-hydrogen) atoms. The Morgan fingerprint density at radius 2 is 1.76 bits per heavy atom. The van der Waals surface area contributed by atoms with Gasteiger partial charge >= 0.3 is 0 Å². The number of nitrogens with one attached hydrogen (secondary N) is 1. The van der Waals surface area contributed by atoms with E-state index in [0.29, 0.717) is 6.04 Å². The lowest BCUT2D eigenvalue weighted by atomic mass is 9.92. The van der Waals surface area contributed by atoms with Crippen LogP contribution in [0.5, 0.6) is 0 Å². The fraction of sp³-hybridized carbons (Fsp3) is 0.733. The largest absolute Gasteiger partial charge is 0.466 e. The van der Waals surface area contributed by atoms with Crippen LogP contribution in [0.25, 0.3) is 0 Å². The Kier molecular flexibility index (Phi) is 5.26. The molecule has 1 aromatic rings. The van der Waals surface area contributed by atoms with E-state index in [-0.39, 0.29) is 0 Å². The Hall–Kier alpha value is -0.760. The zero-order chi connectivity index (χ0) is 13.0. The van der Waals surface area contributed by atoms with Crippen molar-refractivity contribution in [2.75, 3.05) is 6.54 Å². The topological polar surface area (TPSA) is 25.2 Å². The molecular formula is C15H27NO. The van der Waals surface area contributed by atoms with Crippen LogP contribution in [0.4, 0.5) is 0 Å². The van der Waals surface area contributed by atoms with E-state index < -0.39 is 0 Å². The summed E-state index contributed by atoms with van der Waals surface area (Å²) in [6.45, 7) is 14.1. The van der Waals surface area contributed by atoms with Crippen LogP contribution in [0.15, 0.2) is 4.42 Å². The zero-order valence-corrected chi connectivity index (χ0v) is 12.2. The van der Waals surface area contributed by atoms with Crippen molar-refractivity contribution in [1.29, 1.82) is 0 Å². The second kappa shape index (κ2) is 6.25. The minimum absolute atomic E-state index is 0.437. The van der Waals surface area contributed by atoms with Crippen LogP contribution < -0.4 is 5.32 Å². The molecule has 2 unspecified atom stereocenters. The van der Waals surface area contributed by atoms with E-state index >= 15 is 0 Å². The van der Waals surface area contributed by atoms with Crippen molar-refractivity contribution in [2.24, 2.45) is 5.92 Å². The Morgan fingerprint density at radius 3 is 2.18 bits per heavy atom.